The van der Waals surface area contributed by atoms with Crippen LogP contribution in [0.3, 0.4) is 0 Å². The summed E-state index contributed by atoms with van der Waals surface area (Å²) in [4.78, 5) is 25.6. The van der Waals surface area contributed by atoms with Gasteiger partial charge in [0.15, 0.2) is 6.61 Å². The number of ether oxygens (including phenoxy) is 1. The fraction of sp³-hybridized carbons (Fsp3) is 0.318. The van der Waals surface area contributed by atoms with Crippen LogP contribution >= 0.6 is 11.3 Å². The molecule has 3 aromatic rings. The number of amides is 1. The first kappa shape index (κ1) is 20.8. The van der Waals surface area contributed by atoms with Crippen LogP contribution in [0.5, 0.6) is 0 Å². The molecule has 0 saturated carbocycles. The van der Waals surface area contributed by atoms with E-state index in [1.165, 1.54) is 11.3 Å². The number of nitrogens with one attached hydrogen (secondary N) is 1. The zero-order valence-corrected chi connectivity index (χ0v) is 17.6. The minimum Gasteiger partial charge on any atom is -0.452 e. The summed E-state index contributed by atoms with van der Waals surface area (Å²) in [5.41, 5.74) is 2.00. The van der Waals surface area contributed by atoms with Gasteiger partial charge in [-0.3, -0.25) is 9.48 Å². The molecule has 7 heteroatoms. The minimum absolute atomic E-state index is 0.0107. The topological polar surface area (TPSA) is 73.2 Å². The van der Waals surface area contributed by atoms with Gasteiger partial charge in [0.25, 0.3) is 5.91 Å². The third-order valence-electron chi connectivity index (χ3n) is 4.65. The molecule has 1 amide bonds. The Bertz CT molecular complexity index is 949. The number of thiophene rings is 1. The number of hydrogen-bond donors (Lipinski definition) is 1. The first-order chi connectivity index (χ1) is 13.9. The van der Waals surface area contributed by atoms with Crippen LogP contribution in [-0.2, 0) is 16.1 Å². The molecule has 0 saturated heterocycles. The summed E-state index contributed by atoms with van der Waals surface area (Å²) >= 11 is 1.50. The zero-order valence-electron chi connectivity index (χ0n) is 16.8. The number of hydrogen-bond acceptors (Lipinski definition) is 5. The molecule has 0 radical (unpaired) electrons. The predicted octanol–water partition coefficient (Wildman–Crippen LogP) is 3.98. The van der Waals surface area contributed by atoms with Gasteiger partial charge in [0.2, 0.25) is 0 Å². The van der Waals surface area contributed by atoms with Crippen molar-refractivity contribution in [2.24, 2.45) is 5.92 Å². The average Bonchev–Trinajstić information content (AvgIpc) is 3.36. The van der Waals surface area contributed by atoms with E-state index in [4.69, 9.17) is 4.74 Å². The Labute approximate surface area is 174 Å². The Kier molecular flexibility index (Phi) is 6.82. The molecule has 0 aliphatic carbocycles. The van der Waals surface area contributed by atoms with Gasteiger partial charge in [-0.2, -0.15) is 5.10 Å². The summed E-state index contributed by atoms with van der Waals surface area (Å²) in [6.07, 6.45) is 1.68. The molecular weight excluding hydrogens is 386 g/mol. The molecule has 0 aliphatic heterocycles. The van der Waals surface area contributed by atoms with Crippen molar-refractivity contribution in [3.63, 3.8) is 0 Å². The second kappa shape index (κ2) is 9.52. The van der Waals surface area contributed by atoms with E-state index in [0.29, 0.717) is 23.7 Å². The van der Waals surface area contributed by atoms with Gasteiger partial charge >= 0.3 is 5.97 Å². The quantitative estimate of drug-likeness (QED) is 0.569. The fourth-order valence-electron chi connectivity index (χ4n) is 2.69. The number of benzene rings is 1. The lowest BCUT2D eigenvalue weighted by molar-refractivity contribution is -0.125. The van der Waals surface area contributed by atoms with E-state index in [0.717, 1.165) is 10.4 Å². The molecule has 29 heavy (non-hydrogen) atoms. The van der Waals surface area contributed by atoms with E-state index in [1.807, 2.05) is 68.6 Å². The normalized spacial score (nSPS) is 12.0. The number of nitrogens with zero attached hydrogens (tertiary/aromatic N) is 2. The van der Waals surface area contributed by atoms with Crippen molar-refractivity contribution in [3.8, 4) is 10.6 Å². The molecule has 0 spiro atoms. The Balaban J connectivity index is 1.74. The maximum Gasteiger partial charge on any atom is 0.342 e. The lowest BCUT2D eigenvalue weighted by Crippen LogP contribution is -2.38. The second-order valence-corrected chi connectivity index (χ2v) is 8.18. The van der Waals surface area contributed by atoms with E-state index in [2.05, 4.69) is 10.4 Å². The lowest BCUT2D eigenvalue weighted by Gasteiger charge is -2.17. The van der Waals surface area contributed by atoms with Crippen LogP contribution < -0.4 is 5.32 Å². The summed E-state index contributed by atoms with van der Waals surface area (Å²) in [5.74, 6) is -0.565. The van der Waals surface area contributed by atoms with E-state index in [-0.39, 0.29) is 18.6 Å². The Hall–Kier alpha value is -2.93. The van der Waals surface area contributed by atoms with Crippen molar-refractivity contribution < 1.29 is 14.3 Å². The highest BCUT2D eigenvalue weighted by Crippen LogP contribution is 2.27. The van der Waals surface area contributed by atoms with Crippen LogP contribution in [0.4, 0.5) is 0 Å². The van der Waals surface area contributed by atoms with Crippen LogP contribution in [0.15, 0.2) is 54.0 Å². The van der Waals surface area contributed by atoms with Gasteiger partial charge in [-0.05, 0) is 29.9 Å². The Morgan fingerprint density at radius 1 is 1.14 bits per heavy atom. The lowest BCUT2D eigenvalue weighted by atomic mass is 10.1. The van der Waals surface area contributed by atoms with Gasteiger partial charge in [0.1, 0.15) is 11.3 Å². The highest BCUT2D eigenvalue weighted by Gasteiger charge is 2.21. The molecule has 3 rings (SSSR count). The minimum atomic E-state index is -0.555. The van der Waals surface area contributed by atoms with Crippen molar-refractivity contribution >= 4 is 23.2 Å². The SMILES string of the molecule is CC(C)[C@@H](C)NC(=O)COC(=O)c1cn(Cc2ccccc2)nc1-c1cccs1. The number of esters is 1. The molecule has 2 aromatic heterocycles. The van der Waals surface area contributed by atoms with Crippen molar-refractivity contribution in [1.29, 1.82) is 0 Å². The highest BCUT2D eigenvalue weighted by molar-refractivity contribution is 7.13. The molecule has 1 aromatic carbocycles. The Morgan fingerprint density at radius 3 is 2.55 bits per heavy atom. The fourth-order valence-corrected chi connectivity index (χ4v) is 3.41. The average molecular weight is 412 g/mol. The maximum atomic E-state index is 12.7. The molecule has 152 valence electrons. The molecule has 6 nitrogen and oxygen atoms in total. The first-order valence-corrected chi connectivity index (χ1v) is 10.4. The van der Waals surface area contributed by atoms with E-state index in [9.17, 15) is 9.59 Å². The van der Waals surface area contributed by atoms with Crippen LogP contribution in [0.2, 0.25) is 0 Å². The van der Waals surface area contributed by atoms with Crippen molar-refractivity contribution in [2.45, 2.75) is 33.4 Å². The van der Waals surface area contributed by atoms with Gasteiger partial charge in [-0.1, -0.05) is 50.2 Å². The van der Waals surface area contributed by atoms with E-state index in [1.54, 1.807) is 10.9 Å². The molecular formula is C22H25N3O3S. The van der Waals surface area contributed by atoms with Crippen molar-refractivity contribution in [2.75, 3.05) is 6.61 Å². The third-order valence-corrected chi connectivity index (χ3v) is 5.52. The van der Waals surface area contributed by atoms with Crippen molar-refractivity contribution in [1.82, 2.24) is 15.1 Å². The van der Waals surface area contributed by atoms with Crippen LogP contribution in [0.25, 0.3) is 10.6 Å². The highest BCUT2D eigenvalue weighted by atomic mass is 32.1. The smallest absolute Gasteiger partial charge is 0.342 e. The van der Waals surface area contributed by atoms with E-state index >= 15 is 0 Å². The number of aromatic nitrogens is 2. The number of carbonyl (C=O) groups is 2. The number of carbonyl (C=O) groups excluding carboxylic acids is 2. The Morgan fingerprint density at radius 2 is 1.90 bits per heavy atom. The standard InChI is InChI=1S/C22H25N3O3S/c1-15(2)16(3)23-20(26)14-28-22(27)18-13-25(12-17-8-5-4-6-9-17)24-21(18)19-10-7-11-29-19/h4-11,13,15-16H,12,14H2,1-3H3,(H,23,26)/t16-/m1/s1. The maximum absolute atomic E-state index is 12.7. The van der Waals surface area contributed by atoms with Crippen LogP contribution in [0.1, 0.15) is 36.7 Å². The molecule has 1 N–H and O–H groups in total. The van der Waals surface area contributed by atoms with Crippen molar-refractivity contribution in [3.05, 3.63) is 65.2 Å². The monoisotopic (exact) mass is 411 g/mol. The van der Waals surface area contributed by atoms with E-state index < -0.39 is 5.97 Å². The van der Waals surface area contributed by atoms with Gasteiger partial charge in [0.05, 0.1) is 11.4 Å². The van der Waals surface area contributed by atoms with Gasteiger partial charge in [0, 0.05) is 12.2 Å². The molecule has 1 atom stereocenters. The summed E-state index contributed by atoms with van der Waals surface area (Å²) in [7, 11) is 0. The summed E-state index contributed by atoms with van der Waals surface area (Å²) < 4.78 is 7.00. The predicted molar refractivity (Wildman–Crippen MR) is 114 cm³/mol. The summed E-state index contributed by atoms with van der Waals surface area (Å²) in [6.45, 7) is 6.19. The molecule has 2 heterocycles. The third kappa shape index (κ3) is 5.54. The molecule has 0 unspecified atom stereocenters. The largest absolute Gasteiger partial charge is 0.452 e. The van der Waals surface area contributed by atoms with Gasteiger partial charge in [-0.15, -0.1) is 11.3 Å². The molecule has 0 bridgehead atoms. The number of rotatable bonds is 8. The summed E-state index contributed by atoms with van der Waals surface area (Å²) in [6, 6.07) is 13.7. The second-order valence-electron chi connectivity index (χ2n) is 7.23. The molecule has 0 fully saturated rings. The zero-order chi connectivity index (χ0) is 20.8. The first-order valence-electron chi connectivity index (χ1n) is 9.55. The summed E-state index contributed by atoms with van der Waals surface area (Å²) in [5, 5.41) is 9.36. The van der Waals surface area contributed by atoms with Crippen LogP contribution in [-0.4, -0.2) is 34.3 Å². The van der Waals surface area contributed by atoms with Gasteiger partial charge < -0.3 is 10.1 Å². The van der Waals surface area contributed by atoms with Crippen LogP contribution in [0, 0.1) is 5.92 Å². The molecule has 0 aliphatic rings. The van der Waals surface area contributed by atoms with Gasteiger partial charge in [-0.25, -0.2) is 4.79 Å².